The van der Waals surface area contributed by atoms with E-state index in [2.05, 4.69) is 5.10 Å². The van der Waals surface area contributed by atoms with Crippen molar-refractivity contribution in [3.63, 3.8) is 0 Å². The molecule has 0 aliphatic carbocycles. The maximum absolute atomic E-state index is 9.78. The molecule has 0 aliphatic rings. The van der Waals surface area contributed by atoms with Crippen LogP contribution in [0.25, 0.3) is 0 Å². The maximum atomic E-state index is 9.78. The Morgan fingerprint density at radius 1 is 1.50 bits per heavy atom. The predicted octanol–water partition coefficient (Wildman–Crippen LogP) is 1.36. The number of halogens is 1. The van der Waals surface area contributed by atoms with Gasteiger partial charge in [0.2, 0.25) is 0 Å². The Kier molecular flexibility index (Phi) is 3.92. The van der Waals surface area contributed by atoms with Gasteiger partial charge >= 0.3 is 0 Å². The first kappa shape index (κ1) is 11.5. The van der Waals surface area contributed by atoms with Crippen LogP contribution in [0.15, 0.2) is 6.20 Å². The quantitative estimate of drug-likeness (QED) is 0.803. The Morgan fingerprint density at radius 2 is 2.14 bits per heavy atom. The van der Waals surface area contributed by atoms with E-state index in [1.54, 1.807) is 11.6 Å². The molecular weight excluding hydrogens is 204 g/mol. The fourth-order valence-corrected chi connectivity index (χ4v) is 1.58. The first-order valence-corrected chi connectivity index (χ1v) is 5.06. The number of hydrogen-bond donors (Lipinski definition) is 2. The lowest BCUT2D eigenvalue weighted by atomic mass is 10.1. The Balaban J connectivity index is 2.97. The summed E-state index contributed by atoms with van der Waals surface area (Å²) in [5.41, 5.74) is 0.489. The summed E-state index contributed by atoms with van der Waals surface area (Å²) in [6.45, 7) is 4.32. The Morgan fingerprint density at radius 3 is 2.64 bits per heavy atom. The van der Waals surface area contributed by atoms with Crippen LogP contribution in [0.1, 0.15) is 32.1 Å². The van der Waals surface area contributed by atoms with E-state index in [4.69, 9.17) is 11.6 Å². The molecule has 0 aliphatic heterocycles. The number of aliphatic hydroxyl groups is 2. The van der Waals surface area contributed by atoms with Crippen LogP contribution in [0.3, 0.4) is 0 Å². The van der Waals surface area contributed by atoms with Gasteiger partial charge in [0, 0.05) is 6.54 Å². The van der Waals surface area contributed by atoms with Gasteiger partial charge in [0.15, 0.2) is 0 Å². The van der Waals surface area contributed by atoms with E-state index in [-0.39, 0.29) is 0 Å². The fraction of sp³-hybridized carbons (Fsp3) is 0.667. The second kappa shape index (κ2) is 4.77. The second-order valence-electron chi connectivity index (χ2n) is 3.11. The molecule has 80 valence electrons. The molecule has 5 heteroatoms. The van der Waals surface area contributed by atoms with Crippen LogP contribution in [0.2, 0.25) is 5.02 Å². The zero-order valence-corrected chi connectivity index (χ0v) is 9.07. The monoisotopic (exact) mass is 218 g/mol. The van der Waals surface area contributed by atoms with Crippen molar-refractivity contribution in [1.29, 1.82) is 0 Å². The summed E-state index contributed by atoms with van der Waals surface area (Å²) in [5, 5.41) is 23.6. The molecule has 2 unspecified atom stereocenters. The van der Waals surface area contributed by atoms with E-state index in [0.717, 1.165) is 0 Å². The fourth-order valence-electron chi connectivity index (χ4n) is 1.32. The third kappa shape index (κ3) is 2.08. The SMILES string of the molecule is CCC(O)C(O)c1c(Cl)cnn1CC. The van der Waals surface area contributed by atoms with Crippen LogP contribution in [-0.2, 0) is 6.54 Å². The maximum Gasteiger partial charge on any atom is 0.123 e. The molecule has 0 spiro atoms. The number of aryl methyl sites for hydroxylation is 1. The summed E-state index contributed by atoms with van der Waals surface area (Å²) in [6.07, 6.45) is 0.197. The lowest BCUT2D eigenvalue weighted by molar-refractivity contribution is 0.0113. The van der Waals surface area contributed by atoms with Gasteiger partial charge in [-0.2, -0.15) is 5.10 Å². The van der Waals surface area contributed by atoms with E-state index < -0.39 is 12.2 Å². The van der Waals surface area contributed by atoms with Crippen molar-refractivity contribution in [2.24, 2.45) is 0 Å². The van der Waals surface area contributed by atoms with E-state index in [1.807, 2.05) is 6.92 Å². The molecule has 2 N–H and O–H groups in total. The largest absolute Gasteiger partial charge is 0.390 e. The lowest BCUT2D eigenvalue weighted by Crippen LogP contribution is -2.20. The van der Waals surface area contributed by atoms with Crippen LogP contribution < -0.4 is 0 Å². The van der Waals surface area contributed by atoms with Gasteiger partial charge in [0.25, 0.3) is 0 Å². The molecule has 0 fully saturated rings. The lowest BCUT2D eigenvalue weighted by Gasteiger charge is -2.17. The zero-order valence-electron chi connectivity index (χ0n) is 8.31. The van der Waals surface area contributed by atoms with Crippen molar-refractivity contribution in [1.82, 2.24) is 9.78 Å². The zero-order chi connectivity index (χ0) is 10.7. The molecule has 1 heterocycles. The van der Waals surface area contributed by atoms with Crippen LogP contribution in [0, 0.1) is 0 Å². The molecule has 1 rings (SSSR count). The first-order chi connectivity index (χ1) is 6.61. The summed E-state index contributed by atoms with van der Waals surface area (Å²) >= 11 is 5.87. The molecule has 0 aromatic carbocycles. The topological polar surface area (TPSA) is 58.3 Å². The average Bonchev–Trinajstić information content (AvgIpc) is 2.57. The minimum atomic E-state index is -0.963. The highest BCUT2D eigenvalue weighted by atomic mass is 35.5. The van der Waals surface area contributed by atoms with Gasteiger partial charge in [0.05, 0.1) is 23.0 Å². The molecular formula is C9H15ClN2O2. The summed E-state index contributed by atoms with van der Waals surface area (Å²) in [7, 11) is 0. The summed E-state index contributed by atoms with van der Waals surface area (Å²) < 4.78 is 1.59. The summed E-state index contributed by atoms with van der Waals surface area (Å²) in [6, 6.07) is 0. The van der Waals surface area contributed by atoms with Crippen molar-refractivity contribution in [3.8, 4) is 0 Å². The Labute approximate surface area is 88.1 Å². The van der Waals surface area contributed by atoms with Crippen molar-refractivity contribution in [3.05, 3.63) is 16.9 Å². The highest BCUT2D eigenvalue weighted by Gasteiger charge is 2.23. The minimum absolute atomic E-state index is 0.395. The highest BCUT2D eigenvalue weighted by molar-refractivity contribution is 6.31. The molecule has 0 amide bonds. The molecule has 4 nitrogen and oxygen atoms in total. The minimum Gasteiger partial charge on any atom is -0.390 e. The highest BCUT2D eigenvalue weighted by Crippen LogP contribution is 2.26. The van der Waals surface area contributed by atoms with Gasteiger partial charge in [-0.15, -0.1) is 0 Å². The molecule has 0 saturated heterocycles. The van der Waals surface area contributed by atoms with Crippen molar-refractivity contribution in [2.45, 2.75) is 39.0 Å². The van der Waals surface area contributed by atoms with Gasteiger partial charge in [-0.05, 0) is 13.3 Å². The normalized spacial score (nSPS) is 15.5. The Bertz CT molecular complexity index is 301. The smallest absolute Gasteiger partial charge is 0.123 e. The van der Waals surface area contributed by atoms with E-state index in [1.165, 1.54) is 6.20 Å². The number of aromatic nitrogens is 2. The third-order valence-electron chi connectivity index (χ3n) is 2.20. The average molecular weight is 219 g/mol. The van der Waals surface area contributed by atoms with Gasteiger partial charge in [-0.1, -0.05) is 18.5 Å². The van der Waals surface area contributed by atoms with Gasteiger partial charge in [0.1, 0.15) is 6.10 Å². The van der Waals surface area contributed by atoms with Crippen molar-refractivity contribution < 1.29 is 10.2 Å². The number of aliphatic hydroxyl groups excluding tert-OH is 2. The second-order valence-corrected chi connectivity index (χ2v) is 3.52. The van der Waals surface area contributed by atoms with Crippen LogP contribution >= 0.6 is 11.6 Å². The standard InChI is InChI=1S/C9H15ClN2O2/c1-3-7(13)9(14)8-6(10)5-11-12(8)4-2/h5,7,9,13-14H,3-4H2,1-2H3. The van der Waals surface area contributed by atoms with Gasteiger partial charge in [-0.25, -0.2) is 0 Å². The summed E-state index contributed by atoms with van der Waals surface area (Å²) in [5.74, 6) is 0. The van der Waals surface area contributed by atoms with Crippen LogP contribution in [-0.4, -0.2) is 26.1 Å². The molecule has 0 radical (unpaired) electrons. The van der Waals surface area contributed by atoms with Crippen molar-refractivity contribution in [2.75, 3.05) is 0 Å². The Hall–Kier alpha value is -0.580. The van der Waals surface area contributed by atoms with Crippen LogP contribution in [0.4, 0.5) is 0 Å². The van der Waals surface area contributed by atoms with E-state index >= 15 is 0 Å². The summed E-state index contributed by atoms with van der Waals surface area (Å²) in [4.78, 5) is 0. The number of nitrogens with zero attached hydrogens (tertiary/aromatic N) is 2. The van der Waals surface area contributed by atoms with Crippen LogP contribution in [0.5, 0.6) is 0 Å². The third-order valence-corrected chi connectivity index (χ3v) is 2.49. The van der Waals surface area contributed by atoms with Gasteiger partial charge in [-0.3, -0.25) is 4.68 Å². The van der Waals surface area contributed by atoms with Gasteiger partial charge < -0.3 is 10.2 Å². The molecule has 0 bridgehead atoms. The number of rotatable bonds is 4. The van der Waals surface area contributed by atoms with E-state index in [9.17, 15) is 10.2 Å². The first-order valence-electron chi connectivity index (χ1n) is 4.69. The molecule has 1 aromatic heterocycles. The predicted molar refractivity (Wildman–Crippen MR) is 54.2 cm³/mol. The molecule has 2 atom stereocenters. The molecule has 0 saturated carbocycles. The number of hydrogen-bond acceptors (Lipinski definition) is 3. The van der Waals surface area contributed by atoms with Crippen molar-refractivity contribution >= 4 is 11.6 Å². The molecule has 1 aromatic rings. The van der Waals surface area contributed by atoms with E-state index in [0.29, 0.717) is 23.7 Å². The molecule has 14 heavy (non-hydrogen) atoms.